The summed E-state index contributed by atoms with van der Waals surface area (Å²) in [5, 5.41) is 11.9. The average Bonchev–Trinajstić information content (AvgIpc) is 2.36. The number of hydrogen-bond acceptors (Lipinski definition) is 3. The fourth-order valence-corrected chi connectivity index (χ4v) is 2.57. The SMILES string of the molecule is CC1CCCCC1(NC(=O)CCOCC(F)(F)F)C(=O)O. The van der Waals surface area contributed by atoms with Gasteiger partial charge in [-0.15, -0.1) is 0 Å². The van der Waals surface area contributed by atoms with Gasteiger partial charge in [-0.2, -0.15) is 13.2 Å². The van der Waals surface area contributed by atoms with Crippen molar-refractivity contribution in [1.29, 1.82) is 0 Å². The zero-order valence-corrected chi connectivity index (χ0v) is 11.8. The summed E-state index contributed by atoms with van der Waals surface area (Å²) in [5.41, 5.74) is -1.32. The van der Waals surface area contributed by atoms with E-state index in [0.29, 0.717) is 19.3 Å². The van der Waals surface area contributed by atoms with E-state index >= 15 is 0 Å². The van der Waals surface area contributed by atoms with Gasteiger partial charge in [-0.1, -0.05) is 19.8 Å². The molecule has 8 heteroatoms. The van der Waals surface area contributed by atoms with Gasteiger partial charge in [0.2, 0.25) is 5.91 Å². The molecule has 0 aromatic heterocycles. The summed E-state index contributed by atoms with van der Waals surface area (Å²) >= 11 is 0. The molecule has 21 heavy (non-hydrogen) atoms. The molecule has 2 N–H and O–H groups in total. The van der Waals surface area contributed by atoms with Crippen molar-refractivity contribution in [3.8, 4) is 0 Å². The van der Waals surface area contributed by atoms with E-state index in [0.717, 1.165) is 6.42 Å². The molecular formula is C13H20F3NO4. The van der Waals surface area contributed by atoms with Crippen LogP contribution in [0.2, 0.25) is 0 Å². The molecule has 0 aliphatic heterocycles. The van der Waals surface area contributed by atoms with Gasteiger partial charge in [-0.3, -0.25) is 4.79 Å². The molecule has 2 atom stereocenters. The first-order valence-electron chi connectivity index (χ1n) is 6.86. The number of hydrogen-bond donors (Lipinski definition) is 2. The quantitative estimate of drug-likeness (QED) is 0.737. The lowest BCUT2D eigenvalue weighted by atomic mass is 9.73. The first kappa shape index (κ1) is 17.7. The number of carbonyl (C=O) groups excluding carboxylic acids is 1. The lowest BCUT2D eigenvalue weighted by Crippen LogP contribution is -2.60. The summed E-state index contributed by atoms with van der Waals surface area (Å²) in [7, 11) is 0. The second-order valence-corrected chi connectivity index (χ2v) is 5.39. The highest BCUT2D eigenvalue weighted by molar-refractivity contribution is 5.87. The maximum absolute atomic E-state index is 11.9. The van der Waals surface area contributed by atoms with Crippen LogP contribution < -0.4 is 5.32 Å². The molecule has 0 radical (unpaired) electrons. The Labute approximate surface area is 120 Å². The number of alkyl halides is 3. The molecular weight excluding hydrogens is 291 g/mol. The number of nitrogens with one attached hydrogen (secondary N) is 1. The van der Waals surface area contributed by atoms with Crippen LogP contribution in [0, 0.1) is 5.92 Å². The van der Waals surface area contributed by atoms with Crippen molar-refractivity contribution in [2.24, 2.45) is 5.92 Å². The molecule has 122 valence electrons. The van der Waals surface area contributed by atoms with E-state index in [9.17, 15) is 27.9 Å². The van der Waals surface area contributed by atoms with Gasteiger partial charge in [0.05, 0.1) is 6.61 Å². The largest absolute Gasteiger partial charge is 0.479 e. The van der Waals surface area contributed by atoms with Crippen molar-refractivity contribution >= 4 is 11.9 Å². The van der Waals surface area contributed by atoms with E-state index in [2.05, 4.69) is 10.1 Å². The third kappa shape index (κ3) is 5.18. The van der Waals surface area contributed by atoms with Crippen molar-refractivity contribution in [3.63, 3.8) is 0 Å². The Morgan fingerprint density at radius 2 is 2.05 bits per heavy atom. The number of halogens is 3. The second kappa shape index (κ2) is 7.11. The highest BCUT2D eigenvalue weighted by Gasteiger charge is 2.46. The molecule has 5 nitrogen and oxygen atoms in total. The maximum atomic E-state index is 11.9. The van der Waals surface area contributed by atoms with E-state index in [4.69, 9.17) is 0 Å². The third-order valence-electron chi connectivity index (χ3n) is 3.78. The topological polar surface area (TPSA) is 75.6 Å². The highest BCUT2D eigenvalue weighted by atomic mass is 19.4. The molecule has 1 aliphatic carbocycles. The van der Waals surface area contributed by atoms with Crippen LogP contribution in [0.25, 0.3) is 0 Å². The van der Waals surface area contributed by atoms with Crippen molar-refractivity contribution in [3.05, 3.63) is 0 Å². The van der Waals surface area contributed by atoms with Gasteiger partial charge in [-0.25, -0.2) is 4.79 Å². The minimum atomic E-state index is -4.43. The molecule has 1 saturated carbocycles. The normalized spacial score (nSPS) is 26.4. The van der Waals surface area contributed by atoms with Gasteiger partial charge in [0, 0.05) is 6.42 Å². The Morgan fingerprint density at radius 1 is 1.38 bits per heavy atom. The van der Waals surface area contributed by atoms with Gasteiger partial charge >= 0.3 is 12.1 Å². The fourth-order valence-electron chi connectivity index (χ4n) is 2.57. The monoisotopic (exact) mass is 311 g/mol. The van der Waals surface area contributed by atoms with Gasteiger partial charge in [0.15, 0.2) is 0 Å². The van der Waals surface area contributed by atoms with Crippen molar-refractivity contribution in [2.75, 3.05) is 13.2 Å². The Kier molecular flexibility index (Phi) is 6.00. The molecule has 0 bridgehead atoms. The second-order valence-electron chi connectivity index (χ2n) is 5.39. The van der Waals surface area contributed by atoms with E-state index in [-0.39, 0.29) is 12.3 Å². The van der Waals surface area contributed by atoms with Gasteiger partial charge < -0.3 is 15.2 Å². The number of amides is 1. The number of rotatable bonds is 6. The lowest BCUT2D eigenvalue weighted by molar-refractivity contribution is -0.174. The van der Waals surface area contributed by atoms with Crippen LogP contribution in [0.15, 0.2) is 0 Å². The van der Waals surface area contributed by atoms with Crippen LogP contribution in [0.3, 0.4) is 0 Å². The minimum absolute atomic E-state index is 0.219. The number of ether oxygens (including phenoxy) is 1. The zero-order chi connectivity index (χ0) is 16.1. The molecule has 1 aliphatic rings. The zero-order valence-electron chi connectivity index (χ0n) is 11.8. The lowest BCUT2D eigenvalue weighted by Gasteiger charge is -2.39. The highest BCUT2D eigenvalue weighted by Crippen LogP contribution is 2.34. The molecule has 0 aromatic rings. The molecule has 0 heterocycles. The van der Waals surface area contributed by atoms with Crippen LogP contribution >= 0.6 is 0 Å². The van der Waals surface area contributed by atoms with E-state index in [1.165, 1.54) is 0 Å². The van der Waals surface area contributed by atoms with Gasteiger partial charge in [0.25, 0.3) is 0 Å². The summed E-state index contributed by atoms with van der Waals surface area (Å²) < 4.78 is 39.9. The summed E-state index contributed by atoms with van der Waals surface area (Å²) in [5.74, 6) is -1.92. The Morgan fingerprint density at radius 3 is 2.57 bits per heavy atom. The summed E-state index contributed by atoms with van der Waals surface area (Å²) in [4.78, 5) is 23.2. The Bertz CT molecular complexity index is 386. The Hall–Kier alpha value is -1.31. The van der Waals surface area contributed by atoms with Crippen LogP contribution in [-0.2, 0) is 14.3 Å². The molecule has 1 fully saturated rings. The third-order valence-corrected chi connectivity index (χ3v) is 3.78. The van der Waals surface area contributed by atoms with E-state index < -0.39 is 36.8 Å². The average molecular weight is 311 g/mol. The predicted molar refractivity (Wildman–Crippen MR) is 67.6 cm³/mol. The Balaban J connectivity index is 2.48. The summed E-state index contributed by atoms with van der Waals surface area (Å²) in [6.07, 6.45) is -2.10. The molecule has 1 amide bonds. The standard InChI is InChI=1S/C13H20F3NO4/c1-9-4-2-3-6-12(9,11(19)20)17-10(18)5-7-21-8-13(14,15)16/h9H,2-8H2,1H3,(H,17,18)(H,19,20). The predicted octanol–water partition coefficient (Wildman–Crippen LogP) is 2.11. The van der Waals surface area contributed by atoms with Gasteiger partial charge in [-0.05, 0) is 18.8 Å². The molecule has 0 spiro atoms. The maximum Gasteiger partial charge on any atom is 0.411 e. The smallest absolute Gasteiger partial charge is 0.411 e. The van der Waals surface area contributed by atoms with E-state index in [1.807, 2.05) is 0 Å². The summed E-state index contributed by atoms with van der Waals surface area (Å²) in [6.45, 7) is -0.0517. The van der Waals surface area contributed by atoms with Gasteiger partial charge in [0.1, 0.15) is 12.1 Å². The molecule has 1 rings (SSSR count). The number of carboxylic acids is 1. The van der Waals surface area contributed by atoms with Crippen LogP contribution in [-0.4, -0.2) is 41.9 Å². The van der Waals surface area contributed by atoms with Crippen LogP contribution in [0.5, 0.6) is 0 Å². The minimum Gasteiger partial charge on any atom is -0.479 e. The molecule has 2 unspecified atom stereocenters. The first-order valence-corrected chi connectivity index (χ1v) is 6.86. The number of carboxylic acid groups (broad SMARTS) is 1. The molecule has 0 aromatic carbocycles. The number of aliphatic carboxylic acids is 1. The first-order chi connectivity index (χ1) is 9.67. The van der Waals surface area contributed by atoms with Crippen LogP contribution in [0.4, 0.5) is 13.2 Å². The van der Waals surface area contributed by atoms with Crippen LogP contribution in [0.1, 0.15) is 39.0 Å². The molecule has 0 saturated heterocycles. The van der Waals surface area contributed by atoms with Crippen molar-refractivity contribution in [2.45, 2.75) is 50.7 Å². The summed E-state index contributed by atoms with van der Waals surface area (Å²) in [6, 6.07) is 0. The van der Waals surface area contributed by atoms with E-state index in [1.54, 1.807) is 6.92 Å². The van der Waals surface area contributed by atoms with Crippen molar-refractivity contribution in [1.82, 2.24) is 5.32 Å². The van der Waals surface area contributed by atoms with Crippen molar-refractivity contribution < 1.29 is 32.6 Å². The fraction of sp³-hybridized carbons (Fsp3) is 0.846. The number of carbonyl (C=O) groups is 2.